The Morgan fingerprint density at radius 2 is 1.58 bits per heavy atom. The molecule has 0 aliphatic heterocycles. The smallest absolute Gasteiger partial charge is 0.222 e. The lowest BCUT2D eigenvalue weighted by Gasteiger charge is -2.22. The quantitative estimate of drug-likeness (QED) is 0.664. The third-order valence-electron chi connectivity index (χ3n) is 3.99. The van der Waals surface area contributed by atoms with Crippen molar-refractivity contribution in [3.8, 4) is 0 Å². The van der Waals surface area contributed by atoms with Crippen LogP contribution in [0.25, 0.3) is 0 Å². The third-order valence-corrected chi connectivity index (χ3v) is 4.25. The van der Waals surface area contributed by atoms with Gasteiger partial charge in [-0.3, -0.25) is 9.59 Å². The maximum Gasteiger partial charge on any atom is 0.222 e. The van der Waals surface area contributed by atoms with E-state index in [1.807, 2.05) is 30.3 Å². The fourth-order valence-corrected chi connectivity index (χ4v) is 2.89. The van der Waals surface area contributed by atoms with Crippen molar-refractivity contribution >= 4 is 23.4 Å². The summed E-state index contributed by atoms with van der Waals surface area (Å²) in [5.74, 6) is -0.422. The maximum absolute atomic E-state index is 12.6. The second-order valence-electron chi connectivity index (χ2n) is 6.05. The highest BCUT2D eigenvalue weighted by Crippen LogP contribution is 2.21. The standard InChI is InChI=1S/C20H23ClN2O3/c1-14(25)22-19(16-7-9-17(21)10-8-16)13-20(26)23-18(11-12-24)15-5-3-2-4-6-15/h2-10,18-19,24H,11-13H2,1H3,(H,22,25)(H,23,26). The molecule has 0 fully saturated rings. The van der Waals surface area contributed by atoms with Crippen LogP contribution in [0.1, 0.15) is 43.0 Å². The molecule has 2 atom stereocenters. The van der Waals surface area contributed by atoms with Crippen LogP contribution in [0.2, 0.25) is 5.02 Å². The highest BCUT2D eigenvalue weighted by atomic mass is 35.5. The van der Waals surface area contributed by atoms with E-state index in [9.17, 15) is 14.7 Å². The number of nitrogens with one attached hydrogen (secondary N) is 2. The molecule has 0 spiro atoms. The fourth-order valence-electron chi connectivity index (χ4n) is 2.77. The molecular formula is C20H23ClN2O3. The van der Waals surface area contributed by atoms with E-state index < -0.39 is 6.04 Å². The van der Waals surface area contributed by atoms with Crippen LogP contribution in [0.5, 0.6) is 0 Å². The van der Waals surface area contributed by atoms with Gasteiger partial charge in [-0.1, -0.05) is 54.1 Å². The fraction of sp³-hybridized carbons (Fsp3) is 0.300. The van der Waals surface area contributed by atoms with E-state index in [1.165, 1.54) is 6.92 Å². The number of aliphatic hydroxyl groups is 1. The first-order valence-corrected chi connectivity index (χ1v) is 8.85. The monoisotopic (exact) mass is 374 g/mol. The molecule has 138 valence electrons. The van der Waals surface area contributed by atoms with Crippen molar-refractivity contribution in [2.45, 2.75) is 31.8 Å². The molecule has 0 aromatic heterocycles. The van der Waals surface area contributed by atoms with Crippen molar-refractivity contribution in [1.29, 1.82) is 0 Å². The summed E-state index contributed by atoms with van der Waals surface area (Å²) in [6, 6.07) is 15.8. The van der Waals surface area contributed by atoms with Gasteiger partial charge in [0.2, 0.25) is 11.8 Å². The number of hydrogen-bond acceptors (Lipinski definition) is 3. The van der Waals surface area contributed by atoms with E-state index in [4.69, 9.17) is 11.6 Å². The summed E-state index contributed by atoms with van der Waals surface area (Å²) in [6.07, 6.45) is 0.511. The minimum Gasteiger partial charge on any atom is -0.396 e. The molecule has 6 heteroatoms. The molecule has 2 rings (SSSR count). The summed E-state index contributed by atoms with van der Waals surface area (Å²) >= 11 is 5.91. The number of aliphatic hydroxyl groups excluding tert-OH is 1. The molecule has 2 aromatic rings. The van der Waals surface area contributed by atoms with Gasteiger partial charge in [-0.15, -0.1) is 0 Å². The third kappa shape index (κ3) is 6.17. The van der Waals surface area contributed by atoms with Crippen molar-refractivity contribution in [3.63, 3.8) is 0 Å². The van der Waals surface area contributed by atoms with Crippen molar-refractivity contribution in [2.75, 3.05) is 6.61 Å². The normalized spacial score (nSPS) is 12.9. The highest BCUT2D eigenvalue weighted by molar-refractivity contribution is 6.30. The molecule has 0 saturated heterocycles. The first-order valence-electron chi connectivity index (χ1n) is 8.47. The average molecular weight is 375 g/mol. The van der Waals surface area contributed by atoms with Gasteiger partial charge in [0, 0.05) is 18.6 Å². The van der Waals surface area contributed by atoms with Crippen LogP contribution in [0, 0.1) is 0 Å². The summed E-state index contributed by atoms with van der Waals surface area (Å²) in [7, 11) is 0. The Morgan fingerprint density at radius 1 is 0.962 bits per heavy atom. The minimum atomic E-state index is -0.449. The summed E-state index contributed by atoms with van der Waals surface area (Å²) in [5, 5.41) is 15.6. The van der Waals surface area contributed by atoms with Gasteiger partial charge in [0.1, 0.15) is 0 Å². The molecule has 0 heterocycles. The number of halogens is 1. The Bertz CT molecular complexity index is 720. The summed E-state index contributed by atoms with van der Waals surface area (Å²) in [6.45, 7) is 1.38. The zero-order valence-electron chi connectivity index (χ0n) is 14.6. The molecule has 0 saturated carbocycles. The molecule has 0 bridgehead atoms. The molecule has 0 aliphatic rings. The van der Waals surface area contributed by atoms with E-state index in [0.717, 1.165) is 11.1 Å². The molecule has 2 unspecified atom stereocenters. The number of carbonyl (C=O) groups is 2. The molecular weight excluding hydrogens is 352 g/mol. The Balaban J connectivity index is 2.09. The van der Waals surface area contributed by atoms with Gasteiger partial charge in [0.25, 0.3) is 0 Å². The van der Waals surface area contributed by atoms with Crippen LogP contribution in [0.4, 0.5) is 0 Å². The molecule has 3 N–H and O–H groups in total. The second-order valence-corrected chi connectivity index (χ2v) is 6.49. The van der Waals surface area contributed by atoms with Gasteiger partial charge < -0.3 is 15.7 Å². The Morgan fingerprint density at radius 3 is 2.15 bits per heavy atom. The minimum absolute atomic E-state index is 0.0356. The molecule has 26 heavy (non-hydrogen) atoms. The van der Waals surface area contributed by atoms with E-state index in [1.54, 1.807) is 24.3 Å². The van der Waals surface area contributed by atoms with Gasteiger partial charge in [-0.05, 0) is 29.7 Å². The zero-order valence-corrected chi connectivity index (χ0v) is 15.4. The Kier molecular flexibility index (Phi) is 7.63. The zero-order chi connectivity index (χ0) is 18.9. The number of hydrogen-bond donors (Lipinski definition) is 3. The van der Waals surface area contributed by atoms with E-state index in [0.29, 0.717) is 11.4 Å². The Hall–Kier alpha value is -2.37. The summed E-state index contributed by atoms with van der Waals surface area (Å²) < 4.78 is 0. The number of benzene rings is 2. The first kappa shape index (κ1) is 19.9. The number of amides is 2. The van der Waals surface area contributed by atoms with Crippen LogP contribution < -0.4 is 10.6 Å². The number of rotatable bonds is 8. The highest BCUT2D eigenvalue weighted by Gasteiger charge is 2.20. The lowest BCUT2D eigenvalue weighted by Crippen LogP contribution is -2.34. The molecule has 2 aromatic carbocycles. The average Bonchev–Trinajstić information content (AvgIpc) is 2.62. The molecule has 5 nitrogen and oxygen atoms in total. The molecule has 0 aliphatic carbocycles. The van der Waals surface area contributed by atoms with E-state index in [-0.39, 0.29) is 30.9 Å². The van der Waals surface area contributed by atoms with Crippen LogP contribution >= 0.6 is 11.6 Å². The van der Waals surface area contributed by atoms with Crippen molar-refractivity contribution in [2.24, 2.45) is 0 Å². The van der Waals surface area contributed by atoms with Crippen molar-refractivity contribution in [3.05, 3.63) is 70.7 Å². The lowest BCUT2D eigenvalue weighted by atomic mass is 10.0. The van der Waals surface area contributed by atoms with Gasteiger partial charge in [-0.25, -0.2) is 0 Å². The molecule has 0 radical (unpaired) electrons. The van der Waals surface area contributed by atoms with Crippen molar-refractivity contribution < 1.29 is 14.7 Å². The maximum atomic E-state index is 12.6. The van der Waals surface area contributed by atoms with Crippen LogP contribution in [0.15, 0.2) is 54.6 Å². The Labute approximate surface area is 158 Å². The van der Waals surface area contributed by atoms with Crippen molar-refractivity contribution in [1.82, 2.24) is 10.6 Å². The van der Waals surface area contributed by atoms with Crippen LogP contribution in [-0.4, -0.2) is 23.5 Å². The second kappa shape index (κ2) is 9.94. The predicted molar refractivity (Wildman–Crippen MR) is 102 cm³/mol. The summed E-state index contributed by atoms with van der Waals surface area (Å²) in [5.41, 5.74) is 1.73. The van der Waals surface area contributed by atoms with E-state index >= 15 is 0 Å². The SMILES string of the molecule is CC(=O)NC(CC(=O)NC(CCO)c1ccccc1)c1ccc(Cl)cc1. The van der Waals surface area contributed by atoms with E-state index in [2.05, 4.69) is 10.6 Å². The van der Waals surface area contributed by atoms with Crippen LogP contribution in [0.3, 0.4) is 0 Å². The van der Waals surface area contributed by atoms with Gasteiger partial charge >= 0.3 is 0 Å². The first-order chi connectivity index (χ1) is 12.5. The van der Waals surface area contributed by atoms with Gasteiger partial charge in [-0.2, -0.15) is 0 Å². The lowest BCUT2D eigenvalue weighted by molar-refractivity contribution is -0.123. The van der Waals surface area contributed by atoms with Gasteiger partial charge in [0.15, 0.2) is 0 Å². The van der Waals surface area contributed by atoms with Crippen LogP contribution in [-0.2, 0) is 9.59 Å². The molecule has 2 amide bonds. The predicted octanol–water partition coefficient (Wildman–Crippen LogP) is 3.15. The van der Waals surface area contributed by atoms with Gasteiger partial charge in [0.05, 0.1) is 18.5 Å². The largest absolute Gasteiger partial charge is 0.396 e. The summed E-state index contributed by atoms with van der Waals surface area (Å²) in [4.78, 5) is 24.1. The topological polar surface area (TPSA) is 78.4 Å². The number of carbonyl (C=O) groups excluding carboxylic acids is 2.